The summed E-state index contributed by atoms with van der Waals surface area (Å²) in [5.74, 6) is 1.06. The van der Waals surface area contributed by atoms with Crippen molar-refractivity contribution in [3.8, 4) is 0 Å². The monoisotopic (exact) mass is 274 g/mol. The largest absolute Gasteiger partial charge is 0.356 e. The molecule has 0 aromatic rings. The van der Waals surface area contributed by atoms with E-state index in [1.807, 2.05) is 0 Å². The quantitative estimate of drug-likeness (QED) is 0.829. The lowest BCUT2D eigenvalue weighted by molar-refractivity contribution is -0.123. The molecule has 0 bridgehead atoms. The molecule has 1 atom stereocenters. The molecule has 2 fully saturated rings. The van der Waals surface area contributed by atoms with Gasteiger partial charge in [0.2, 0.25) is 5.91 Å². The molecule has 0 spiro atoms. The molecule has 2 rings (SSSR count). The predicted molar refractivity (Wildman–Crippen MR) is 76.9 cm³/mol. The van der Waals surface area contributed by atoms with E-state index < -0.39 is 0 Å². The Hall–Kier alpha value is -0.280. The fourth-order valence-corrected chi connectivity index (χ4v) is 3.30. The normalized spacial score (nSPS) is 29.2. The van der Waals surface area contributed by atoms with Gasteiger partial charge in [-0.3, -0.25) is 4.79 Å². The Kier molecular flexibility index (Phi) is 4.71. The average molecular weight is 275 g/mol. The molecule has 1 saturated carbocycles. The topological polar surface area (TPSA) is 41.1 Å². The minimum absolute atomic E-state index is 0. The first-order valence-electron chi connectivity index (χ1n) is 6.86. The fraction of sp³-hybridized carbons (Fsp3) is 0.929. The van der Waals surface area contributed by atoms with Gasteiger partial charge in [-0.2, -0.15) is 0 Å². The van der Waals surface area contributed by atoms with E-state index in [1.165, 1.54) is 12.8 Å². The van der Waals surface area contributed by atoms with Gasteiger partial charge in [0.1, 0.15) is 0 Å². The van der Waals surface area contributed by atoms with Gasteiger partial charge in [0.05, 0.1) is 0 Å². The molecule has 0 aromatic heterocycles. The second-order valence-corrected chi connectivity index (χ2v) is 6.83. The SMILES string of the molecule is CC1(C)C(C(=O)NCC2CCCNC2)C1(C)C.Cl. The van der Waals surface area contributed by atoms with Crippen molar-refractivity contribution >= 4 is 18.3 Å². The third kappa shape index (κ3) is 2.67. The highest BCUT2D eigenvalue weighted by Crippen LogP contribution is 2.68. The zero-order valence-electron chi connectivity index (χ0n) is 12.0. The zero-order chi connectivity index (χ0) is 12.7. The van der Waals surface area contributed by atoms with Crippen LogP contribution < -0.4 is 10.6 Å². The molecular formula is C14H27ClN2O. The first-order chi connectivity index (χ1) is 7.87. The number of hydrogen-bond donors (Lipinski definition) is 2. The standard InChI is InChI=1S/C14H26N2O.ClH/c1-13(2)11(14(13,3)4)12(17)16-9-10-6-5-7-15-8-10;/h10-11,15H,5-9H2,1-4H3,(H,16,17);1H. The van der Waals surface area contributed by atoms with E-state index in [0.29, 0.717) is 5.92 Å². The number of nitrogens with one attached hydrogen (secondary N) is 2. The first kappa shape index (κ1) is 15.8. The second kappa shape index (κ2) is 5.38. The smallest absolute Gasteiger partial charge is 0.224 e. The van der Waals surface area contributed by atoms with Crippen LogP contribution in [-0.2, 0) is 4.79 Å². The van der Waals surface area contributed by atoms with Crippen LogP contribution in [0.3, 0.4) is 0 Å². The Labute approximate surface area is 117 Å². The molecular weight excluding hydrogens is 248 g/mol. The maximum absolute atomic E-state index is 12.1. The molecule has 2 N–H and O–H groups in total. The molecule has 106 valence electrons. The Balaban J connectivity index is 0.00000162. The van der Waals surface area contributed by atoms with E-state index >= 15 is 0 Å². The fourth-order valence-electron chi connectivity index (χ4n) is 3.30. The summed E-state index contributed by atoms with van der Waals surface area (Å²) in [6, 6.07) is 0. The number of hydrogen-bond acceptors (Lipinski definition) is 2. The van der Waals surface area contributed by atoms with E-state index in [-0.39, 0.29) is 35.1 Å². The van der Waals surface area contributed by atoms with Gasteiger partial charge in [-0.1, -0.05) is 27.7 Å². The highest BCUT2D eigenvalue weighted by molar-refractivity contribution is 5.85. The average Bonchev–Trinajstić information content (AvgIpc) is 2.68. The minimum atomic E-state index is 0. The van der Waals surface area contributed by atoms with Gasteiger partial charge in [0.15, 0.2) is 0 Å². The van der Waals surface area contributed by atoms with Crippen LogP contribution in [0.2, 0.25) is 0 Å². The highest BCUT2D eigenvalue weighted by Gasteiger charge is 2.68. The van der Waals surface area contributed by atoms with Crippen molar-refractivity contribution in [1.82, 2.24) is 10.6 Å². The summed E-state index contributed by atoms with van der Waals surface area (Å²) in [5.41, 5.74) is 0.309. The molecule has 1 aliphatic heterocycles. The molecule has 1 unspecified atom stereocenters. The number of carbonyl (C=O) groups is 1. The number of rotatable bonds is 3. The maximum Gasteiger partial charge on any atom is 0.224 e. The summed E-state index contributed by atoms with van der Waals surface area (Å²) < 4.78 is 0. The Morgan fingerprint density at radius 3 is 2.33 bits per heavy atom. The number of piperidine rings is 1. The molecule has 1 saturated heterocycles. The van der Waals surface area contributed by atoms with Crippen molar-refractivity contribution in [2.75, 3.05) is 19.6 Å². The van der Waals surface area contributed by atoms with Crippen LogP contribution >= 0.6 is 12.4 Å². The van der Waals surface area contributed by atoms with Crippen molar-refractivity contribution in [2.45, 2.75) is 40.5 Å². The van der Waals surface area contributed by atoms with E-state index in [2.05, 4.69) is 38.3 Å². The Morgan fingerprint density at radius 2 is 1.89 bits per heavy atom. The second-order valence-electron chi connectivity index (χ2n) is 6.83. The zero-order valence-corrected chi connectivity index (χ0v) is 12.8. The Morgan fingerprint density at radius 1 is 1.28 bits per heavy atom. The molecule has 0 radical (unpaired) electrons. The summed E-state index contributed by atoms with van der Waals surface area (Å²) in [6.45, 7) is 11.8. The molecule has 1 heterocycles. The van der Waals surface area contributed by atoms with Crippen LogP contribution in [0.1, 0.15) is 40.5 Å². The lowest BCUT2D eigenvalue weighted by atomic mass is 9.99. The summed E-state index contributed by atoms with van der Waals surface area (Å²) in [4.78, 5) is 12.1. The van der Waals surface area contributed by atoms with Gasteiger partial charge in [0.25, 0.3) is 0 Å². The molecule has 18 heavy (non-hydrogen) atoms. The lowest BCUT2D eigenvalue weighted by Gasteiger charge is -2.23. The first-order valence-corrected chi connectivity index (χ1v) is 6.86. The summed E-state index contributed by atoms with van der Waals surface area (Å²) >= 11 is 0. The third-order valence-electron chi connectivity index (χ3n) is 5.25. The van der Waals surface area contributed by atoms with Crippen LogP contribution in [0.15, 0.2) is 0 Å². The third-order valence-corrected chi connectivity index (χ3v) is 5.25. The summed E-state index contributed by atoms with van der Waals surface area (Å²) in [7, 11) is 0. The number of halogens is 1. The van der Waals surface area contributed by atoms with Crippen LogP contribution in [0.4, 0.5) is 0 Å². The summed E-state index contributed by atoms with van der Waals surface area (Å²) in [6.07, 6.45) is 2.48. The number of amides is 1. The van der Waals surface area contributed by atoms with Crippen LogP contribution in [0.5, 0.6) is 0 Å². The Bertz CT molecular complexity index is 295. The van der Waals surface area contributed by atoms with Gasteiger partial charge in [0, 0.05) is 12.5 Å². The van der Waals surface area contributed by atoms with Gasteiger partial charge >= 0.3 is 0 Å². The van der Waals surface area contributed by atoms with Crippen LogP contribution in [0.25, 0.3) is 0 Å². The molecule has 1 amide bonds. The van der Waals surface area contributed by atoms with Crippen LogP contribution in [-0.4, -0.2) is 25.5 Å². The molecule has 2 aliphatic rings. The molecule has 1 aliphatic carbocycles. The molecule has 0 aromatic carbocycles. The number of carbonyl (C=O) groups excluding carboxylic acids is 1. The van der Waals surface area contributed by atoms with E-state index in [9.17, 15) is 4.79 Å². The van der Waals surface area contributed by atoms with E-state index in [4.69, 9.17) is 0 Å². The van der Waals surface area contributed by atoms with Gasteiger partial charge < -0.3 is 10.6 Å². The predicted octanol–water partition coefficient (Wildman–Crippen LogP) is 2.21. The van der Waals surface area contributed by atoms with Crippen molar-refractivity contribution in [3.63, 3.8) is 0 Å². The van der Waals surface area contributed by atoms with Crippen molar-refractivity contribution in [1.29, 1.82) is 0 Å². The summed E-state index contributed by atoms with van der Waals surface area (Å²) in [5, 5.41) is 6.53. The van der Waals surface area contributed by atoms with Gasteiger partial charge in [-0.05, 0) is 42.7 Å². The van der Waals surface area contributed by atoms with Crippen LogP contribution in [0, 0.1) is 22.7 Å². The highest BCUT2D eigenvalue weighted by atomic mass is 35.5. The van der Waals surface area contributed by atoms with E-state index in [1.54, 1.807) is 0 Å². The molecule has 3 nitrogen and oxygen atoms in total. The van der Waals surface area contributed by atoms with Crippen molar-refractivity contribution in [3.05, 3.63) is 0 Å². The maximum atomic E-state index is 12.1. The van der Waals surface area contributed by atoms with Crippen molar-refractivity contribution < 1.29 is 4.79 Å². The lowest BCUT2D eigenvalue weighted by Crippen LogP contribution is -2.39. The van der Waals surface area contributed by atoms with Crippen molar-refractivity contribution in [2.24, 2.45) is 22.7 Å². The van der Waals surface area contributed by atoms with Gasteiger partial charge in [-0.25, -0.2) is 0 Å². The van der Waals surface area contributed by atoms with Gasteiger partial charge in [-0.15, -0.1) is 12.4 Å². The minimum Gasteiger partial charge on any atom is -0.356 e. The van der Waals surface area contributed by atoms with E-state index in [0.717, 1.165) is 19.6 Å². The molecule has 4 heteroatoms.